The Hall–Kier alpha value is -0.560. The minimum atomic E-state index is 0.124. The zero-order valence-corrected chi connectivity index (χ0v) is 16.1. The van der Waals surface area contributed by atoms with Crippen LogP contribution >= 0.6 is 0 Å². The van der Waals surface area contributed by atoms with E-state index in [1.807, 2.05) is 0 Å². The van der Waals surface area contributed by atoms with Gasteiger partial charge in [0.15, 0.2) is 0 Å². The third-order valence-corrected chi connectivity index (χ3v) is 9.38. The van der Waals surface area contributed by atoms with Gasteiger partial charge < -0.3 is 5.32 Å². The van der Waals surface area contributed by atoms with E-state index in [0.29, 0.717) is 16.4 Å². The predicted octanol–water partition coefficient (Wildman–Crippen LogP) is 5.48. The first-order valence-corrected chi connectivity index (χ1v) is 9.84. The molecule has 0 aromatic heterocycles. The Morgan fingerprint density at radius 1 is 1.26 bits per heavy atom. The van der Waals surface area contributed by atoms with Gasteiger partial charge in [0.2, 0.25) is 0 Å². The molecule has 1 heterocycles. The van der Waals surface area contributed by atoms with Gasteiger partial charge >= 0.3 is 0 Å². The van der Waals surface area contributed by atoms with E-state index in [1.54, 1.807) is 11.1 Å². The number of hydrogen-bond acceptors (Lipinski definition) is 1. The Bertz CT molecular complexity index is 603. The summed E-state index contributed by atoms with van der Waals surface area (Å²) in [6.07, 6.45) is 9.17. The fourth-order valence-corrected chi connectivity index (χ4v) is 7.62. The number of allylic oxidation sites excluding steroid dienone is 1. The smallest absolute Gasteiger partial charge is 0.0472 e. The summed E-state index contributed by atoms with van der Waals surface area (Å²) in [7, 11) is 0. The van der Waals surface area contributed by atoms with Crippen molar-refractivity contribution in [2.45, 2.75) is 85.2 Å². The summed E-state index contributed by atoms with van der Waals surface area (Å²) < 4.78 is 0. The summed E-state index contributed by atoms with van der Waals surface area (Å²) >= 11 is 0. The highest BCUT2D eigenvalue weighted by Crippen LogP contribution is 2.74. The molecule has 2 saturated carbocycles. The molecule has 128 valence electrons. The second-order valence-electron chi connectivity index (χ2n) is 9.84. The summed E-state index contributed by atoms with van der Waals surface area (Å²) in [5.41, 5.74) is 4.23. The van der Waals surface area contributed by atoms with Gasteiger partial charge in [0, 0.05) is 22.4 Å². The Morgan fingerprint density at radius 2 is 1.96 bits per heavy atom. The molecule has 2 spiro atoms. The molecule has 3 fully saturated rings. The van der Waals surface area contributed by atoms with Crippen molar-refractivity contribution in [2.75, 3.05) is 0 Å². The minimum absolute atomic E-state index is 0.124. The van der Waals surface area contributed by atoms with Crippen LogP contribution in [0.3, 0.4) is 0 Å². The average Bonchev–Trinajstić information content (AvgIpc) is 3.12. The third-order valence-electron chi connectivity index (χ3n) is 9.38. The number of rotatable bonds is 1. The summed E-state index contributed by atoms with van der Waals surface area (Å²) in [4.78, 5) is 0. The normalized spacial score (nSPS) is 57.9. The monoisotopic (exact) mass is 313 g/mol. The number of hydrogen-bond donors (Lipinski definition) is 1. The van der Waals surface area contributed by atoms with Crippen LogP contribution < -0.4 is 5.32 Å². The van der Waals surface area contributed by atoms with Crippen molar-refractivity contribution in [3.05, 3.63) is 23.8 Å². The maximum Gasteiger partial charge on any atom is 0.0472 e. The third kappa shape index (κ3) is 1.50. The molecule has 4 aliphatic rings. The zero-order valence-electron chi connectivity index (χ0n) is 16.1. The fourth-order valence-electron chi connectivity index (χ4n) is 7.62. The molecule has 0 radical (unpaired) electrons. The van der Waals surface area contributed by atoms with Gasteiger partial charge in [0.05, 0.1) is 0 Å². The summed E-state index contributed by atoms with van der Waals surface area (Å²) in [6, 6.07) is 0.744. The summed E-state index contributed by atoms with van der Waals surface area (Å²) in [6.45, 7) is 19.8. The van der Waals surface area contributed by atoms with Gasteiger partial charge in [-0.15, -0.1) is 0 Å². The lowest BCUT2D eigenvalue weighted by Gasteiger charge is -2.52. The molecule has 7 atom stereocenters. The number of fused-ring (bicyclic) bond motifs is 1. The molecule has 0 aromatic rings. The van der Waals surface area contributed by atoms with Crippen LogP contribution in [-0.4, -0.2) is 11.6 Å². The first-order chi connectivity index (χ1) is 10.7. The van der Waals surface area contributed by atoms with Crippen molar-refractivity contribution >= 4 is 0 Å². The predicted molar refractivity (Wildman–Crippen MR) is 98.3 cm³/mol. The maximum absolute atomic E-state index is 4.87. The Balaban J connectivity index is 2.01. The molecule has 0 aromatic carbocycles. The first-order valence-electron chi connectivity index (χ1n) is 9.84. The number of nitrogens with one attached hydrogen (secondary N) is 1. The molecule has 1 N–H and O–H groups in total. The Kier molecular flexibility index (Phi) is 3.01. The Labute approximate surface area is 143 Å². The fraction of sp³-hybridized carbons (Fsp3) is 0.818. The van der Waals surface area contributed by atoms with Crippen molar-refractivity contribution in [3.8, 4) is 0 Å². The van der Waals surface area contributed by atoms with Crippen molar-refractivity contribution < 1.29 is 0 Å². The van der Waals surface area contributed by atoms with Crippen molar-refractivity contribution in [1.82, 2.24) is 5.32 Å². The Morgan fingerprint density at radius 3 is 2.57 bits per heavy atom. The lowest BCUT2D eigenvalue weighted by molar-refractivity contribution is 0.0748. The van der Waals surface area contributed by atoms with Gasteiger partial charge in [-0.25, -0.2) is 0 Å². The van der Waals surface area contributed by atoms with Crippen LogP contribution in [0, 0.1) is 28.1 Å². The molecule has 23 heavy (non-hydrogen) atoms. The van der Waals surface area contributed by atoms with E-state index < -0.39 is 0 Å². The van der Waals surface area contributed by atoms with Crippen LogP contribution in [0.15, 0.2) is 23.8 Å². The topological polar surface area (TPSA) is 21.9 Å². The highest BCUT2D eigenvalue weighted by molar-refractivity contribution is 5.48. The van der Waals surface area contributed by atoms with Gasteiger partial charge in [-0.3, -0.25) is 0 Å². The van der Waals surface area contributed by atoms with Crippen LogP contribution in [-0.2, 0) is 0 Å². The van der Waals surface area contributed by atoms with E-state index in [4.69, 9.17) is 6.58 Å². The molecule has 1 aliphatic heterocycles. The molecular formula is C22H35N. The lowest BCUT2D eigenvalue weighted by atomic mass is 9.52. The molecule has 1 nitrogen and oxygen atoms in total. The number of piperidine rings is 1. The highest BCUT2D eigenvalue weighted by atomic mass is 15.3. The van der Waals surface area contributed by atoms with Crippen LogP contribution in [0.2, 0.25) is 0 Å². The highest BCUT2D eigenvalue weighted by Gasteiger charge is 2.75. The molecule has 1 heteroatoms. The maximum atomic E-state index is 4.87. The largest absolute Gasteiger partial charge is 0.304 e. The van der Waals surface area contributed by atoms with E-state index in [9.17, 15) is 0 Å². The van der Waals surface area contributed by atoms with Crippen LogP contribution in [0.25, 0.3) is 0 Å². The van der Waals surface area contributed by atoms with E-state index in [-0.39, 0.29) is 5.41 Å². The van der Waals surface area contributed by atoms with E-state index in [2.05, 4.69) is 52.9 Å². The lowest BCUT2D eigenvalue weighted by Crippen LogP contribution is -2.48. The summed E-state index contributed by atoms with van der Waals surface area (Å²) in [5, 5.41) is 3.96. The second-order valence-corrected chi connectivity index (χ2v) is 9.84. The van der Waals surface area contributed by atoms with Gasteiger partial charge in [-0.05, 0) is 56.3 Å². The van der Waals surface area contributed by atoms with Crippen LogP contribution in [0.1, 0.15) is 73.6 Å². The van der Waals surface area contributed by atoms with Gasteiger partial charge in [-0.2, -0.15) is 0 Å². The van der Waals surface area contributed by atoms with Crippen LogP contribution in [0.5, 0.6) is 0 Å². The molecular weight excluding hydrogens is 278 g/mol. The molecule has 1 saturated heterocycles. The minimum Gasteiger partial charge on any atom is -0.304 e. The first kappa shape index (κ1) is 15.9. The van der Waals surface area contributed by atoms with E-state index in [1.165, 1.54) is 32.1 Å². The van der Waals surface area contributed by atoms with Crippen molar-refractivity contribution in [1.29, 1.82) is 0 Å². The second kappa shape index (κ2) is 4.34. The standard InChI is InChI=1S/C22H35N/c1-8-19(6)15(3)11-16(4)21-10-9-18-22(21,23-18)13-14(2)12-20(19,7)17(21)5/h12,15-16,18,23H,5,8-11,13H2,1-4,6-7H3. The van der Waals surface area contributed by atoms with Gasteiger partial charge in [0.25, 0.3) is 0 Å². The molecule has 0 amide bonds. The quantitative estimate of drug-likeness (QED) is 0.502. The molecule has 3 aliphatic carbocycles. The van der Waals surface area contributed by atoms with E-state index in [0.717, 1.165) is 17.9 Å². The van der Waals surface area contributed by atoms with Gasteiger partial charge in [0.1, 0.15) is 0 Å². The average molecular weight is 314 g/mol. The van der Waals surface area contributed by atoms with Crippen molar-refractivity contribution in [3.63, 3.8) is 0 Å². The molecule has 2 bridgehead atoms. The summed E-state index contributed by atoms with van der Waals surface area (Å²) in [5.74, 6) is 1.47. The van der Waals surface area contributed by atoms with E-state index >= 15 is 0 Å². The molecule has 7 unspecified atom stereocenters. The SMILES string of the molecule is C=C1C2(C)C=C(C)CC34NC3CCC14C(C)CC(C)C2(C)CC. The molecule has 4 rings (SSSR count). The van der Waals surface area contributed by atoms with Crippen molar-refractivity contribution in [2.24, 2.45) is 28.1 Å². The van der Waals surface area contributed by atoms with Crippen LogP contribution in [0.4, 0.5) is 0 Å². The van der Waals surface area contributed by atoms with Gasteiger partial charge in [-0.1, -0.05) is 58.4 Å². The zero-order chi connectivity index (χ0) is 16.8.